The van der Waals surface area contributed by atoms with Crippen molar-refractivity contribution in [1.82, 2.24) is 0 Å². The van der Waals surface area contributed by atoms with Crippen molar-refractivity contribution in [2.24, 2.45) is 29.4 Å². The number of nitrogens with two attached hydrogens (primary N) is 1. The van der Waals surface area contributed by atoms with Crippen molar-refractivity contribution in [3.05, 3.63) is 53.8 Å². The lowest BCUT2D eigenvalue weighted by Crippen LogP contribution is -2.37. The largest absolute Gasteiger partial charge is 0.648 e. The van der Waals surface area contributed by atoms with E-state index >= 15 is 0 Å². The second-order valence-corrected chi connectivity index (χ2v) is 10.4. The Bertz CT molecular complexity index is 632. The van der Waals surface area contributed by atoms with E-state index in [1.165, 1.54) is 44.1 Å². The van der Waals surface area contributed by atoms with E-state index in [0.717, 1.165) is 36.2 Å². The van der Waals surface area contributed by atoms with Crippen LogP contribution in [0.2, 0.25) is 0 Å². The summed E-state index contributed by atoms with van der Waals surface area (Å²) in [6.45, 7) is 10.6. The summed E-state index contributed by atoms with van der Waals surface area (Å²) in [6.07, 6.45) is 11.3. The number of hydrogen-bond acceptors (Lipinski definition) is 2. The molecular weight excluding hydrogens is 356 g/mol. The maximum absolute atomic E-state index is 8.42. The molecule has 29 heavy (non-hydrogen) atoms. The average molecular weight is 398 g/mol. The van der Waals surface area contributed by atoms with Gasteiger partial charge in [0.05, 0.1) is 0 Å². The molecule has 2 aliphatic carbocycles. The molecule has 3 rings (SSSR count). The fraction of sp³-hybridized carbons (Fsp3) is 0.692. The molecule has 0 bridgehead atoms. The van der Waals surface area contributed by atoms with Crippen LogP contribution in [0.3, 0.4) is 0 Å². The molecule has 2 aliphatic rings. The van der Waals surface area contributed by atoms with Crippen molar-refractivity contribution in [3.8, 4) is 0 Å². The Balaban J connectivity index is 1.45. The van der Waals surface area contributed by atoms with E-state index in [0.29, 0.717) is 5.92 Å². The SMILES string of the molecule is C=CC1CCC(C2CCC(C(N)OC([NH-])c3ccc(C(C)(C)C)cc3)CC2)CC1. The highest BCUT2D eigenvalue weighted by molar-refractivity contribution is 5.29. The first-order valence-electron chi connectivity index (χ1n) is 11.6. The number of hydrogen-bond donors (Lipinski definition) is 1. The van der Waals surface area contributed by atoms with E-state index in [1.807, 2.05) is 12.1 Å². The Morgan fingerprint density at radius 1 is 0.966 bits per heavy atom. The lowest BCUT2D eigenvalue weighted by Gasteiger charge is -2.39. The van der Waals surface area contributed by atoms with Gasteiger partial charge in [-0.05, 0) is 97.8 Å². The Labute approximate surface area is 178 Å². The Morgan fingerprint density at radius 3 is 1.97 bits per heavy atom. The van der Waals surface area contributed by atoms with Gasteiger partial charge >= 0.3 is 0 Å². The standard InChI is InChI=1S/C26H41N2O/c1-5-18-6-8-19(9-7-18)20-10-12-21(13-11-20)24(27)29-25(28)22-14-16-23(17-15-22)26(2,3)4/h5,14-21,24-25,28H,1,6-13,27H2,2-4H3/q-1. The van der Waals surface area contributed by atoms with Crippen LogP contribution in [0.1, 0.15) is 89.5 Å². The van der Waals surface area contributed by atoms with Crippen molar-refractivity contribution in [2.45, 2.75) is 90.0 Å². The molecular formula is C26H41N2O-. The first-order valence-corrected chi connectivity index (χ1v) is 11.6. The summed E-state index contributed by atoms with van der Waals surface area (Å²) in [6, 6.07) is 8.25. The van der Waals surface area contributed by atoms with Crippen molar-refractivity contribution in [1.29, 1.82) is 0 Å². The highest BCUT2D eigenvalue weighted by atomic mass is 16.5. The molecule has 0 spiro atoms. The third kappa shape index (κ3) is 5.93. The molecule has 1 aromatic rings. The second-order valence-electron chi connectivity index (χ2n) is 10.4. The maximum atomic E-state index is 8.42. The van der Waals surface area contributed by atoms with Crippen molar-refractivity contribution in [3.63, 3.8) is 0 Å². The molecule has 2 atom stereocenters. The molecule has 2 unspecified atom stereocenters. The number of allylic oxidation sites excluding steroid dienone is 1. The van der Waals surface area contributed by atoms with Gasteiger partial charge in [0, 0.05) is 0 Å². The van der Waals surface area contributed by atoms with Crippen LogP contribution in [-0.4, -0.2) is 6.23 Å². The van der Waals surface area contributed by atoms with Crippen LogP contribution in [0.25, 0.3) is 5.73 Å². The number of nitrogens with one attached hydrogen (secondary N) is 1. The number of benzene rings is 1. The Kier molecular flexibility index (Phi) is 7.58. The highest BCUT2D eigenvalue weighted by Gasteiger charge is 2.32. The fourth-order valence-electron chi connectivity index (χ4n) is 5.30. The van der Waals surface area contributed by atoms with E-state index in [-0.39, 0.29) is 11.6 Å². The maximum Gasteiger partial charge on any atom is 0.106 e. The van der Waals surface area contributed by atoms with Crippen molar-refractivity contribution < 1.29 is 4.74 Å². The number of ether oxygens (including phenoxy) is 1. The molecule has 1 aromatic carbocycles. The van der Waals surface area contributed by atoms with Crippen LogP contribution in [0.15, 0.2) is 36.9 Å². The highest BCUT2D eigenvalue weighted by Crippen LogP contribution is 2.42. The van der Waals surface area contributed by atoms with Gasteiger partial charge in [0.25, 0.3) is 0 Å². The van der Waals surface area contributed by atoms with Crippen LogP contribution >= 0.6 is 0 Å². The minimum Gasteiger partial charge on any atom is -0.648 e. The molecule has 2 saturated carbocycles. The van der Waals surface area contributed by atoms with Gasteiger partial charge in [-0.25, -0.2) is 0 Å². The van der Waals surface area contributed by atoms with Gasteiger partial charge in [-0.1, -0.05) is 51.1 Å². The molecule has 3 nitrogen and oxygen atoms in total. The normalized spacial score (nSPS) is 30.5. The second kappa shape index (κ2) is 9.76. The smallest absolute Gasteiger partial charge is 0.106 e. The van der Waals surface area contributed by atoms with Crippen LogP contribution in [-0.2, 0) is 10.2 Å². The fourth-order valence-corrected chi connectivity index (χ4v) is 5.30. The molecule has 0 heterocycles. The molecule has 0 saturated heterocycles. The van der Waals surface area contributed by atoms with Crippen LogP contribution in [0.5, 0.6) is 0 Å². The summed E-state index contributed by atoms with van der Waals surface area (Å²) >= 11 is 0. The van der Waals surface area contributed by atoms with Gasteiger partial charge < -0.3 is 16.2 Å². The first-order chi connectivity index (χ1) is 13.8. The Morgan fingerprint density at radius 2 is 1.48 bits per heavy atom. The molecule has 162 valence electrons. The van der Waals surface area contributed by atoms with Crippen molar-refractivity contribution >= 4 is 0 Å². The van der Waals surface area contributed by atoms with Gasteiger partial charge in [0.15, 0.2) is 0 Å². The van der Waals surface area contributed by atoms with Gasteiger partial charge in [0.1, 0.15) is 6.23 Å². The zero-order valence-corrected chi connectivity index (χ0v) is 18.7. The summed E-state index contributed by atoms with van der Waals surface area (Å²) < 4.78 is 5.94. The average Bonchev–Trinajstić information content (AvgIpc) is 2.73. The topological polar surface area (TPSA) is 59.0 Å². The minimum atomic E-state index is -0.703. The Hall–Kier alpha value is -1.16. The lowest BCUT2D eigenvalue weighted by molar-refractivity contribution is -0.0355. The van der Waals surface area contributed by atoms with E-state index in [1.54, 1.807) is 0 Å². The molecule has 3 N–H and O–H groups in total. The molecule has 0 aliphatic heterocycles. The predicted octanol–water partition coefficient (Wildman–Crippen LogP) is 7.14. The van der Waals surface area contributed by atoms with Crippen LogP contribution < -0.4 is 5.73 Å². The van der Waals surface area contributed by atoms with Crippen LogP contribution in [0, 0.1) is 23.7 Å². The van der Waals surface area contributed by atoms with Crippen LogP contribution in [0.4, 0.5) is 0 Å². The van der Waals surface area contributed by atoms with Gasteiger partial charge in [-0.15, -0.1) is 6.58 Å². The van der Waals surface area contributed by atoms with E-state index in [9.17, 15) is 0 Å². The van der Waals surface area contributed by atoms with Gasteiger partial charge in [-0.3, -0.25) is 0 Å². The lowest BCUT2D eigenvalue weighted by atomic mass is 9.69. The molecule has 2 fully saturated rings. The molecule has 0 amide bonds. The van der Waals surface area contributed by atoms with E-state index < -0.39 is 6.23 Å². The van der Waals surface area contributed by atoms with E-state index in [2.05, 4.69) is 45.6 Å². The first kappa shape index (κ1) is 22.5. The number of rotatable bonds is 6. The summed E-state index contributed by atoms with van der Waals surface area (Å²) in [5.41, 5.74) is 17.1. The monoisotopic (exact) mass is 397 g/mol. The quantitative estimate of drug-likeness (QED) is 0.410. The summed E-state index contributed by atoms with van der Waals surface area (Å²) in [5.74, 6) is 2.89. The predicted molar refractivity (Wildman–Crippen MR) is 122 cm³/mol. The summed E-state index contributed by atoms with van der Waals surface area (Å²) in [7, 11) is 0. The summed E-state index contributed by atoms with van der Waals surface area (Å²) in [5, 5.41) is 0. The summed E-state index contributed by atoms with van der Waals surface area (Å²) in [4.78, 5) is 0. The minimum absolute atomic E-state index is 0.122. The van der Waals surface area contributed by atoms with Gasteiger partial charge in [0.2, 0.25) is 0 Å². The third-order valence-electron chi connectivity index (χ3n) is 7.47. The third-order valence-corrected chi connectivity index (χ3v) is 7.47. The molecule has 0 aromatic heterocycles. The molecule has 0 radical (unpaired) electrons. The zero-order valence-electron chi connectivity index (χ0n) is 18.7. The zero-order chi connectivity index (χ0) is 21.0. The van der Waals surface area contributed by atoms with Gasteiger partial charge in [-0.2, -0.15) is 0 Å². The molecule has 3 heteroatoms. The van der Waals surface area contributed by atoms with Crippen molar-refractivity contribution in [2.75, 3.05) is 0 Å². The van der Waals surface area contributed by atoms with E-state index in [4.69, 9.17) is 16.2 Å².